The van der Waals surface area contributed by atoms with Gasteiger partial charge in [-0.15, -0.1) is 0 Å². The summed E-state index contributed by atoms with van der Waals surface area (Å²) < 4.78 is 10.3. The van der Waals surface area contributed by atoms with Crippen LogP contribution in [0.25, 0.3) is 0 Å². The highest BCUT2D eigenvalue weighted by Gasteiger charge is 2.22. The molecule has 22 heavy (non-hydrogen) atoms. The van der Waals surface area contributed by atoms with Crippen molar-refractivity contribution in [3.63, 3.8) is 0 Å². The number of ether oxygens (including phenoxy) is 2. The molecular weight excluding hydrogens is 282 g/mol. The van der Waals surface area contributed by atoms with Crippen LogP contribution in [0.2, 0.25) is 0 Å². The molecule has 1 rings (SSSR count). The molecule has 0 spiro atoms. The molecule has 0 aliphatic rings. The van der Waals surface area contributed by atoms with Crippen molar-refractivity contribution >= 4 is 11.9 Å². The molecule has 0 aromatic heterocycles. The average Bonchev–Trinajstić information content (AvgIpc) is 2.36. The van der Waals surface area contributed by atoms with Crippen molar-refractivity contribution in [2.75, 3.05) is 13.7 Å². The summed E-state index contributed by atoms with van der Waals surface area (Å²) in [6.45, 7) is 7.50. The third-order valence-electron chi connectivity index (χ3n) is 2.97. The highest BCUT2D eigenvalue weighted by atomic mass is 16.6. The molecule has 0 fully saturated rings. The Morgan fingerprint density at radius 3 is 2.41 bits per heavy atom. The van der Waals surface area contributed by atoms with Gasteiger partial charge in [0.15, 0.2) is 5.78 Å². The topological polar surface area (TPSA) is 64.6 Å². The van der Waals surface area contributed by atoms with Crippen LogP contribution < -0.4 is 5.32 Å². The maximum Gasteiger partial charge on any atom is 0.407 e. The van der Waals surface area contributed by atoms with Gasteiger partial charge < -0.3 is 14.8 Å². The molecular formula is C17H25NO4. The molecule has 1 amide bonds. The normalized spacial score (nSPS) is 12.6. The van der Waals surface area contributed by atoms with Crippen LogP contribution in [0.5, 0.6) is 0 Å². The second-order valence-corrected chi connectivity index (χ2v) is 6.24. The molecule has 0 heterocycles. The van der Waals surface area contributed by atoms with Crippen molar-refractivity contribution in [2.45, 2.75) is 45.8 Å². The number of benzene rings is 1. The Balaban J connectivity index is 2.70. The van der Waals surface area contributed by atoms with Gasteiger partial charge in [0.05, 0.1) is 12.6 Å². The molecule has 0 aliphatic carbocycles. The number of Topliss-reactive ketones (excluding diaryl/α,β-unsaturated/α-hetero) is 1. The Kier molecular flexibility index (Phi) is 6.56. The van der Waals surface area contributed by atoms with E-state index in [0.29, 0.717) is 5.56 Å². The number of aryl methyl sites for hydroxylation is 1. The van der Waals surface area contributed by atoms with Crippen molar-refractivity contribution in [1.82, 2.24) is 5.32 Å². The van der Waals surface area contributed by atoms with Gasteiger partial charge in [0.1, 0.15) is 5.60 Å². The van der Waals surface area contributed by atoms with E-state index in [2.05, 4.69) is 5.32 Å². The molecule has 1 N–H and O–H groups in total. The monoisotopic (exact) mass is 307 g/mol. The van der Waals surface area contributed by atoms with Crippen LogP contribution in [0.3, 0.4) is 0 Å². The standard InChI is InChI=1S/C17H25NO4/c1-12-8-6-7-9-14(12)15(19)10-13(11-21-5)18-16(20)22-17(2,3)4/h6-9,13H,10-11H2,1-5H3,(H,18,20). The number of methoxy groups -OCH3 is 1. The number of amides is 1. The first-order chi connectivity index (χ1) is 10.2. The number of ketones is 1. The Morgan fingerprint density at radius 2 is 1.86 bits per heavy atom. The van der Waals surface area contributed by atoms with Crippen molar-refractivity contribution in [3.8, 4) is 0 Å². The van der Waals surface area contributed by atoms with E-state index >= 15 is 0 Å². The first-order valence-corrected chi connectivity index (χ1v) is 7.30. The van der Waals surface area contributed by atoms with Gasteiger partial charge in [-0.25, -0.2) is 4.79 Å². The number of rotatable bonds is 6. The zero-order valence-electron chi connectivity index (χ0n) is 13.9. The summed E-state index contributed by atoms with van der Waals surface area (Å²) in [5, 5.41) is 2.69. The Hall–Kier alpha value is -1.88. The van der Waals surface area contributed by atoms with Crippen LogP contribution in [-0.4, -0.2) is 37.2 Å². The Morgan fingerprint density at radius 1 is 1.23 bits per heavy atom. The van der Waals surface area contributed by atoms with Crippen LogP contribution in [-0.2, 0) is 9.47 Å². The number of alkyl carbamates (subject to hydrolysis) is 1. The minimum Gasteiger partial charge on any atom is -0.444 e. The van der Waals surface area contributed by atoms with E-state index in [1.54, 1.807) is 26.8 Å². The third kappa shape index (κ3) is 6.26. The largest absolute Gasteiger partial charge is 0.444 e. The molecule has 122 valence electrons. The molecule has 0 bridgehead atoms. The summed E-state index contributed by atoms with van der Waals surface area (Å²) in [5.41, 5.74) is 0.998. The zero-order valence-corrected chi connectivity index (χ0v) is 13.9. The molecule has 5 heteroatoms. The molecule has 5 nitrogen and oxygen atoms in total. The minimum absolute atomic E-state index is 0.0313. The molecule has 0 radical (unpaired) electrons. The smallest absolute Gasteiger partial charge is 0.407 e. The van der Waals surface area contributed by atoms with Crippen molar-refractivity contribution in [1.29, 1.82) is 0 Å². The lowest BCUT2D eigenvalue weighted by atomic mass is 10.00. The predicted molar refractivity (Wildman–Crippen MR) is 85.2 cm³/mol. The summed E-state index contributed by atoms with van der Waals surface area (Å²) in [4.78, 5) is 24.2. The fraction of sp³-hybridized carbons (Fsp3) is 0.529. The number of nitrogens with one attached hydrogen (secondary N) is 1. The highest BCUT2D eigenvalue weighted by Crippen LogP contribution is 2.12. The minimum atomic E-state index is -0.582. The summed E-state index contributed by atoms with van der Waals surface area (Å²) in [5.74, 6) is -0.0313. The number of hydrogen-bond acceptors (Lipinski definition) is 4. The predicted octanol–water partition coefficient (Wildman–Crippen LogP) is 3.11. The highest BCUT2D eigenvalue weighted by molar-refractivity contribution is 5.97. The third-order valence-corrected chi connectivity index (χ3v) is 2.97. The van der Waals surface area contributed by atoms with Crippen molar-refractivity contribution < 1.29 is 19.1 Å². The summed E-state index contributed by atoms with van der Waals surface area (Å²) >= 11 is 0. The zero-order chi connectivity index (χ0) is 16.8. The van der Waals surface area contributed by atoms with E-state index in [4.69, 9.17) is 9.47 Å². The van der Waals surface area contributed by atoms with Gasteiger partial charge in [0, 0.05) is 19.1 Å². The van der Waals surface area contributed by atoms with E-state index in [9.17, 15) is 9.59 Å². The molecule has 1 aromatic rings. The summed E-state index contributed by atoms with van der Waals surface area (Å²) in [7, 11) is 1.53. The van der Waals surface area contributed by atoms with Gasteiger partial charge in [-0.3, -0.25) is 4.79 Å². The van der Waals surface area contributed by atoms with Gasteiger partial charge in [-0.05, 0) is 33.3 Å². The van der Waals surface area contributed by atoms with E-state index in [0.717, 1.165) is 5.56 Å². The maximum atomic E-state index is 12.4. The van der Waals surface area contributed by atoms with Crippen LogP contribution >= 0.6 is 0 Å². The first kappa shape index (κ1) is 18.2. The Bertz CT molecular complexity index is 520. The number of carbonyl (C=O) groups excluding carboxylic acids is 2. The van der Waals surface area contributed by atoms with Gasteiger partial charge in [-0.1, -0.05) is 24.3 Å². The van der Waals surface area contributed by atoms with Crippen LogP contribution in [0.15, 0.2) is 24.3 Å². The average molecular weight is 307 g/mol. The molecule has 0 saturated heterocycles. The number of carbonyl (C=O) groups is 2. The first-order valence-electron chi connectivity index (χ1n) is 7.30. The van der Waals surface area contributed by atoms with Crippen molar-refractivity contribution in [2.24, 2.45) is 0 Å². The quantitative estimate of drug-likeness (QED) is 0.820. The molecule has 0 saturated carbocycles. The van der Waals surface area contributed by atoms with Gasteiger partial charge in [0.2, 0.25) is 0 Å². The van der Waals surface area contributed by atoms with Crippen LogP contribution in [0, 0.1) is 6.92 Å². The molecule has 1 unspecified atom stereocenters. The maximum absolute atomic E-state index is 12.4. The van der Waals surface area contributed by atoms with E-state index in [1.807, 2.05) is 25.1 Å². The Labute approximate surface area is 132 Å². The van der Waals surface area contributed by atoms with Gasteiger partial charge >= 0.3 is 6.09 Å². The van der Waals surface area contributed by atoms with E-state index < -0.39 is 17.7 Å². The summed E-state index contributed by atoms with van der Waals surface area (Å²) in [6, 6.07) is 6.96. The SMILES string of the molecule is COCC(CC(=O)c1ccccc1C)NC(=O)OC(C)(C)C. The number of hydrogen-bond donors (Lipinski definition) is 1. The van der Waals surface area contributed by atoms with E-state index in [-0.39, 0.29) is 18.8 Å². The van der Waals surface area contributed by atoms with Crippen molar-refractivity contribution in [3.05, 3.63) is 35.4 Å². The molecule has 0 aliphatic heterocycles. The van der Waals surface area contributed by atoms with E-state index in [1.165, 1.54) is 7.11 Å². The van der Waals surface area contributed by atoms with Crippen LogP contribution in [0.4, 0.5) is 4.79 Å². The van der Waals surface area contributed by atoms with Gasteiger partial charge in [0.25, 0.3) is 0 Å². The molecule has 1 atom stereocenters. The lowest BCUT2D eigenvalue weighted by Gasteiger charge is -2.23. The second-order valence-electron chi connectivity index (χ2n) is 6.24. The fourth-order valence-corrected chi connectivity index (χ4v) is 2.05. The van der Waals surface area contributed by atoms with Gasteiger partial charge in [-0.2, -0.15) is 0 Å². The fourth-order valence-electron chi connectivity index (χ4n) is 2.05. The second kappa shape index (κ2) is 7.94. The van der Waals surface area contributed by atoms with Crippen LogP contribution in [0.1, 0.15) is 43.1 Å². The lowest BCUT2D eigenvalue weighted by molar-refractivity contribution is 0.0464. The molecule has 1 aromatic carbocycles. The lowest BCUT2D eigenvalue weighted by Crippen LogP contribution is -2.42. The summed E-state index contributed by atoms with van der Waals surface area (Å²) in [6.07, 6.45) is -0.384.